The predicted octanol–water partition coefficient (Wildman–Crippen LogP) is 4.51. The van der Waals surface area contributed by atoms with Gasteiger partial charge in [0.25, 0.3) is 11.8 Å². The van der Waals surface area contributed by atoms with Gasteiger partial charge < -0.3 is 29.1 Å². The number of nitrogens with two attached hydrogens (primary N) is 1. The van der Waals surface area contributed by atoms with Gasteiger partial charge in [-0.1, -0.05) is 41.4 Å². The van der Waals surface area contributed by atoms with Crippen molar-refractivity contribution in [1.82, 2.24) is 15.2 Å². The van der Waals surface area contributed by atoms with Gasteiger partial charge in [-0.25, -0.2) is 10.2 Å². The average Bonchev–Trinajstić information content (AvgIpc) is 3.30. The molecule has 0 aromatic heterocycles. The third kappa shape index (κ3) is 5.54. The molecular formula is C33H35Cl2FN6O4. The third-order valence-electron chi connectivity index (χ3n) is 9.49. The molecule has 2 bridgehead atoms. The molecule has 0 spiro atoms. The standard InChI is InChI=1S/C33H35Cl2FN6O4/c1-39-7-9-40(10-8-39)22-11-26(34)30(27(35)12-22)33(44)41-15-19-3-2-4-23(31(19)46-18-41)24-14-29(25(13-28(24)36)32(43)38-37)42-20-5-6-21(42)17-45-16-20/h2-4,11-14,20-21H,5-10,15-18,37H2,1H3,(H,38,43). The number of hydrogen-bond donors (Lipinski definition) is 2. The van der Waals surface area contributed by atoms with Gasteiger partial charge in [-0.15, -0.1) is 0 Å². The fourth-order valence-electron chi connectivity index (χ4n) is 7.05. The SMILES string of the molecule is CN1CCN(c2cc(Cl)c(C(=O)N3COc4c(cccc4-c4cc(N5C6CCC5COC6)c(C(=O)NN)cc4F)C3)c(Cl)c2)CC1. The van der Waals surface area contributed by atoms with Gasteiger partial charge in [0.2, 0.25) is 0 Å². The van der Waals surface area contributed by atoms with Crippen molar-refractivity contribution in [2.24, 2.45) is 5.84 Å². The number of hydrogen-bond acceptors (Lipinski definition) is 8. The number of fused-ring (bicyclic) bond motifs is 3. The molecule has 0 aliphatic carbocycles. The van der Waals surface area contributed by atoms with Crippen LogP contribution in [0.1, 0.15) is 39.1 Å². The molecule has 4 aliphatic rings. The van der Waals surface area contributed by atoms with Crippen LogP contribution in [-0.4, -0.2) is 86.9 Å². The second-order valence-corrected chi connectivity index (χ2v) is 13.1. The summed E-state index contributed by atoms with van der Waals surface area (Å²) in [7, 11) is 2.09. The minimum absolute atomic E-state index is 0.0779. The van der Waals surface area contributed by atoms with Gasteiger partial charge in [0.15, 0.2) is 6.73 Å². The monoisotopic (exact) mass is 668 g/mol. The molecule has 2 unspecified atom stereocenters. The molecule has 3 N–H and O–H groups in total. The molecule has 3 aromatic carbocycles. The van der Waals surface area contributed by atoms with Crippen LogP contribution < -0.4 is 25.8 Å². The van der Waals surface area contributed by atoms with E-state index in [2.05, 4.69) is 27.2 Å². The number of benzene rings is 3. The molecule has 3 saturated heterocycles. The fraction of sp³-hybridized carbons (Fsp3) is 0.394. The highest BCUT2D eigenvalue weighted by Crippen LogP contribution is 2.43. The van der Waals surface area contributed by atoms with Crippen LogP contribution in [0.2, 0.25) is 10.0 Å². The highest BCUT2D eigenvalue weighted by Gasteiger charge is 2.40. The number of para-hydroxylation sites is 1. The van der Waals surface area contributed by atoms with Gasteiger partial charge in [0, 0.05) is 48.6 Å². The zero-order valence-electron chi connectivity index (χ0n) is 25.4. The number of anilines is 2. The van der Waals surface area contributed by atoms with E-state index in [1.54, 1.807) is 30.3 Å². The van der Waals surface area contributed by atoms with Gasteiger partial charge >= 0.3 is 0 Å². The van der Waals surface area contributed by atoms with Crippen molar-refractivity contribution in [2.75, 3.05) is 63.0 Å². The minimum atomic E-state index is -0.586. The lowest BCUT2D eigenvalue weighted by Crippen LogP contribution is -2.47. The van der Waals surface area contributed by atoms with E-state index in [1.165, 1.54) is 11.0 Å². The number of carbonyl (C=O) groups excluding carboxylic acids is 2. The first-order chi connectivity index (χ1) is 22.2. The molecule has 7 rings (SSSR count). The topological polar surface area (TPSA) is 104 Å². The number of piperazine rings is 1. The van der Waals surface area contributed by atoms with Crippen LogP contribution >= 0.6 is 23.2 Å². The summed E-state index contributed by atoms with van der Waals surface area (Å²) >= 11 is 13.3. The number of nitrogens with one attached hydrogen (secondary N) is 1. The van der Waals surface area contributed by atoms with Crippen LogP contribution in [0.3, 0.4) is 0 Å². The lowest BCUT2D eigenvalue weighted by molar-refractivity contribution is 0.0516. The maximum atomic E-state index is 15.8. The van der Waals surface area contributed by atoms with E-state index in [0.29, 0.717) is 35.8 Å². The largest absolute Gasteiger partial charge is 0.472 e. The van der Waals surface area contributed by atoms with E-state index in [0.717, 1.165) is 44.7 Å². The Kier molecular flexibility index (Phi) is 8.45. The molecule has 2 atom stereocenters. The molecule has 4 aliphatic heterocycles. The number of nitrogen functional groups attached to an aromatic ring is 1. The minimum Gasteiger partial charge on any atom is -0.472 e. The van der Waals surface area contributed by atoms with Gasteiger partial charge in [0.1, 0.15) is 11.6 Å². The summed E-state index contributed by atoms with van der Waals surface area (Å²) < 4.78 is 27.8. The number of nitrogens with zero attached hydrogens (tertiary/aromatic N) is 4. The van der Waals surface area contributed by atoms with E-state index in [1.807, 2.05) is 6.07 Å². The van der Waals surface area contributed by atoms with Crippen molar-refractivity contribution < 1.29 is 23.5 Å². The molecule has 2 amide bonds. The van der Waals surface area contributed by atoms with Crippen molar-refractivity contribution in [1.29, 1.82) is 0 Å². The van der Waals surface area contributed by atoms with E-state index < -0.39 is 11.7 Å². The van der Waals surface area contributed by atoms with Crippen LogP contribution in [0.4, 0.5) is 15.8 Å². The molecule has 4 heterocycles. The first kappa shape index (κ1) is 31.0. The summed E-state index contributed by atoms with van der Waals surface area (Å²) in [6, 6.07) is 12.1. The highest BCUT2D eigenvalue weighted by molar-refractivity contribution is 6.40. The Balaban J connectivity index is 1.18. The van der Waals surface area contributed by atoms with Crippen LogP contribution in [-0.2, 0) is 11.3 Å². The summed E-state index contributed by atoms with van der Waals surface area (Å²) in [5.41, 5.74) is 5.54. The maximum Gasteiger partial charge on any atom is 0.267 e. The van der Waals surface area contributed by atoms with Crippen LogP contribution in [0.5, 0.6) is 5.75 Å². The van der Waals surface area contributed by atoms with E-state index in [4.69, 9.17) is 38.5 Å². The number of halogens is 3. The Morgan fingerprint density at radius 3 is 2.35 bits per heavy atom. The normalized spacial score (nSPS) is 21.2. The Bertz CT molecular complexity index is 1660. The molecular weight excluding hydrogens is 634 g/mol. The first-order valence-corrected chi connectivity index (χ1v) is 16.2. The van der Waals surface area contributed by atoms with Gasteiger partial charge in [0.05, 0.1) is 58.7 Å². The molecule has 13 heteroatoms. The highest BCUT2D eigenvalue weighted by atomic mass is 35.5. The average molecular weight is 670 g/mol. The molecule has 0 radical (unpaired) electrons. The lowest BCUT2D eigenvalue weighted by atomic mass is 9.96. The molecule has 3 fully saturated rings. The summed E-state index contributed by atoms with van der Waals surface area (Å²) in [5.74, 6) is 4.45. The van der Waals surface area contributed by atoms with E-state index in [9.17, 15) is 9.59 Å². The third-order valence-corrected chi connectivity index (χ3v) is 10.1. The predicted molar refractivity (Wildman–Crippen MR) is 175 cm³/mol. The zero-order valence-corrected chi connectivity index (χ0v) is 26.9. The van der Waals surface area contributed by atoms with Crippen molar-refractivity contribution in [3.63, 3.8) is 0 Å². The van der Waals surface area contributed by atoms with E-state index >= 15 is 4.39 Å². The van der Waals surface area contributed by atoms with Gasteiger partial charge in [-0.3, -0.25) is 15.0 Å². The number of rotatable bonds is 5. The molecule has 242 valence electrons. The van der Waals surface area contributed by atoms with Crippen molar-refractivity contribution in [3.8, 4) is 16.9 Å². The summed E-state index contributed by atoms with van der Waals surface area (Å²) in [5, 5.41) is 0.554. The molecule has 46 heavy (non-hydrogen) atoms. The quantitative estimate of drug-likeness (QED) is 0.233. The second-order valence-electron chi connectivity index (χ2n) is 12.3. The molecule has 3 aromatic rings. The number of carbonyl (C=O) groups is 2. The smallest absolute Gasteiger partial charge is 0.267 e. The second kappa shape index (κ2) is 12.5. The maximum absolute atomic E-state index is 15.8. The van der Waals surface area contributed by atoms with Gasteiger partial charge in [-0.2, -0.15) is 0 Å². The number of likely N-dealkylation sites (N-methyl/N-ethyl adjacent to an activating group) is 1. The number of hydrazine groups is 1. The van der Waals surface area contributed by atoms with Crippen molar-refractivity contribution >= 4 is 46.4 Å². The Morgan fingerprint density at radius 2 is 1.67 bits per heavy atom. The fourth-order valence-corrected chi connectivity index (χ4v) is 7.69. The summed E-state index contributed by atoms with van der Waals surface area (Å²) in [6.07, 6.45) is 1.84. The number of amides is 2. The summed E-state index contributed by atoms with van der Waals surface area (Å²) in [6.45, 7) is 4.74. The number of ether oxygens (including phenoxy) is 2. The van der Waals surface area contributed by atoms with Crippen LogP contribution in [0.25, 0.3) is 11.1 Å². The van der Waals surface area contributed by atoms with Crippen molar-refractivity contribution in [2.45, 2.75) is 31.5 Å². The number of morpholine rings is 1. The molecule has 10 nitrogen and oxygen atoms in total. The zero-order chi connectivity index (χ0) is 32.1. The Morgan fingerprint density at radius 1 is 0.978 bits per heavy atom. The first-order valence-electron chi connectivity index (χ1n) is 15.4. The van der Waals surface area contributed by atoms with E-state index in [-0.39, 0.29) is 58.0 Å². The molecule has 0 saturated carbocycles. The Labute approximate surface area is 276 Å². The van der Waals surface area contributed by atoms with Gasteiger partial charge in [-0.05, 0) is 44.2 Å². The van der Waals surface area contributed by atoms with Crippen molar-refractivity contribution in [3.05, 3.63) is 75.0 Å². The van der Waals surface area contributed by atoms with Crippen LogP contribution in [0, 0.1) is 5.82 Å². The lowest BCUT2D eigenvalue weighted by Gasteiger charge is -2.38. The Hall–Kier alpha value is -3.61. The summed E-state index contributed by atoms with van der Waals surface area (Å²) in [4.78, 5) is 34.7. The van der Waals surface area contributed by atoms with Crippen LogP contribution in [0.15, 0.2) is 42.5 Å².